The van der Waals surface area contributed by atoms with Crippen molar-refractivity contribution in [2.24, 2.45) is 0 Å². The molecule has 2 aromatic carbocycles. The molecular weight excluding hydrogens is 518 g/mol. The van der Waals surface area contributed by atoms with E-state index in [2.05, 4.69) is 64.6 Å². The van der Waals surface area contributed by atoms with Crippen molar-refractivity contribution in [3.05, 3.63) is 114 Å². The minimum atomic E-state index is 0.103. The number of H-pyrrole nitrogens is 2. The number of aromatic nitrogens is 4. The van der Waals surface area contributed by atoms with Gasteiger partial charge in [-0.3, -0.25) is 4.79 Å². The quantitative estimate of drug-likeness (QED) is 0.235. The van der Waals surface area contributed by atoms with Crippen LogP contribution in [0.4, 0.5) is 5.69 Å². The Labute approximate surface area is 242 Å². The van der Waals surface area contributed by atoms with Crippen molar-refractivity contribution in [3.63, 3.8) is 0 Å². The van der Waals surface area contributed by atoms with Crippen LogP contribution in [0.5, 0.6) is 0 Å². The molecule has 3 aliphatic rings. The standard InChI is InChI=1S/C36H27N5O/c42-33-12-7-21-41(33)36-31-19-17-29(39-31)34(23-8-3-1-4-9-23)27-15-13-25(37-27)22-26-14-16-28(38-26)35(24-10-5-2-6-11-24)30-18-20-32(36)40-30/h1-6,8-11,13-20,22,37-38H,7,12,21H2. The lowest BCUT2D eigenvalue weighted by Crippen LogP contribution is -2.25. The van der Waals surface area contributed by atoms with Gasteiger partial charge < -0.3 is 14.9 Å². The topological polar surface area (TPSA) is 77.7 Å². The maximum absolute atomic E-state index is 13.1. The molecule has 6 heteroatoms. The average molecular weight is 546 g/mol. The fraction of sp³-hybridized carbons (Fsp3) is 0.0833. The fourth-order valence-corrected chi connectivity index (χ4v) is 6.10. The van der Waals surface area contributed by atoms with E-state index < -0.39 is 0 Å². The zero-order valence-corrected chi connectivity index (χ0v) is 22.8. The Hall–Kier alpha value is -5.49. The summed E-state index contributed by atoms with van der Waals surface area (Å²) in [5.74, 6) is 0.103. The van der Waals surface area contributed by atoms with Crippen LogP contribution in [0.15, 0.2) is 91.0 Å². The maximum Gasteiger partial charge on any atom is 0.227 e. The van der Waals surface area contributed by atoms with Crippen molar-refractivity contribution in [2.75, 3.05) is 11.4 Å². The van der Waals surface area contributed by atoms with Crippen LogP contribution in [0.1, 0.15) is 35.6 Å². The van der Waals surface area contributed by atoms with E-state index in [4.69, 9.17) is 9.97 Å². The van der Waals surface area contributed by atoms with Crippen molar-refractivity contribution >= 4 is 58.0 Å². The van der Waals surface area contributed by atoms with Crippen molar-refractivity contribution in [3.8, 4) is 22.3 Å². The Balaban J connectivity index is 1.52. The zero-order valence-electron chi connectivity index (χ0n) is 22.8. The molecule has 6 heterocycles. The van der Waals surface area contributed by atoms with Gasteiger partial charge in [0.1, 0.15) is 0 Å². The molecule has 202 valence electrons. The zero-order chi connectivity index (χ0) is 28.0. The molecule has 5 aromatic rings. The van der Waals surface area contributed by atoms with Gasteiger partial charge in [0.15, 0.2) is 0 Å². The molecule has 0 radical (unpaired) electrons. The molecule has 0 spiro atoms. The highest BCUT2D eigenvalue weighted by molar-refractivity contribution is 6.02. The predicted molar refractivity (Wildman–Crippen MR) is 171 cm³/mol. The van der Waals surface area contributed by atoms with Gasteiger partial charge in [-0.25, -0.2) is 9.97 Å². The number of benzene rings is 2. The van der Waals surface area contributed by atoms with Crippen LogP contribution in [-0.4, -0.2) is 32.4 Å². The number of carbonyl (C=O) groups is 1. The van der Waals surface area contributed by atoms with Crippen LogP contribution in [0.3, 0.4) is 0 Å². The van der Waals surface area contributed by atoms with E-state index in [0.29, 0.717) is 13.0 Å². The van der Waals surface area contributed by atoms with Crippen LogP contribution >= 0.6 is 0 Å². The molecular formula is C36H27N5O. The van der Waals surface area contributed by atoms with Gasteiger partial charge in [0.2, 0.25) is 5.91 Å². The number of nitrogens with zero attached hydrogens (tertiary/aromatic N) is 3. The molecule has 8 rings (SSSR count). The summed E-state index contributed by atoms with van der Waals surface area (Å²) in [6.45, 7) is 0.652. The summed E-state index contributed by atoms with van der Waals surface area (Å²) < 4.78 is 0. The second-order valence-electron chi connectivity index (χ2n) is 10.7. The Morgan fingerprint density at radius 2 is 1.10 bits per heavy atom. The van der Waals surface area contributed by atoms with E-state index in [1.165, 1.54) is 0 Å². The van der Waals surface area contributed by atoms with Crippen LogP contribution in [-0.2, 0) is 4.79 Å². The first-order chi connectivity index (χ1) is 20.7. The van der Waals surface area contributed by atoms with Crippen molar-refractivity contribution in [1.82, 2.24) is 19.9 Å². The van der Waals surface area contributed by atoms with Crippen LogP contribution < -0.4 is 4.90 Å². The first-order valence-electron chi connectivity index (χ1n) is 14.3. The number of hydrogen-bond donors (Lipinski definition) is 2. The van der Waals surface area contributed by atoms with E-state index in [-0.39, 0.29) is 5.91 Å². The Kier molecular flexibility index (Phi) is 5.71. The normalized spacial score (nSPS) is 14.2. The van der Waals surface area contributed by atoms with Crippen molar-refractivity contribution in [1.29, 1.82) is 0 Å². The van der Waals surface area contributed by atoms with Gasteiger partial charge in [-0.2, -0.15) is 0 Å². The number of anilines is 1. The third-order valence-corrected chi connectivity index (χ3v) is 8.01. The maximum atomic E-state index is 13.1. The van der Waals surface area contributed by atoms with Crippen molar-refractivity contribution in [2.45, 2.75) is 12.8 Å². The second-order valence-corrected chi connectivity index (χ2v) is 10.7. The smallest absolute Gasteiger partial charge is 0.227 e. The first kappa shape index (κ1) is 24.3. The number of hydrogen-bond acceptors (Lipinski definition) is 3. The molecule has 3 aliphatic heterocycles. The number of rotatable bonds is 3. The minimum Gasteiger partial charge on any atom is -0.355 e. The van der Waals surface area contributed by atoms with Crippen molar-refractivity contribution < 1.29 is 4.79 Å². The molecule has 1 saturated heterocycles. The van der Waals surface area contributed by atoms with Gasteiger partial charge in [0.25, 0.3) is 0 Å². The van der Waals surface area contributed by atoms with E-state index >= 15 is 0 Å². The number of nitrogens with one attached hydrogen (secondary N) is 2. The van der Waals surface area contributed by atoms with Gasteiger partial charge in [0, 0.05) is 46.2 Å². The predicted octanol–water partition coefficient (Wildman–Crippen LogP) is 8.12. The molecule has 0 aliphatic carbocycles. The van der Waals surface area contributed by atoms with Gasteiger partial charge in [-0.05, 0) is 72.2 Å². The summed E-state index contributed by atoms with van der Waals surface area (Å²) in [6.07, 6.45) is 9.46. The molecule has 8 bridgehead atoms. The molecule has 3 aromatic heterocycles. The number of amides is 1. The summed E-state index contributed by atoms with van der Waals surface area (Å²) in [5, 5.41) is 0. The highest BCUT2D eigenvalue weighted by Gasteiger charge is 2.28. The van der Waals surface area contributed by atoms with Crippen LogP contribution in [0, 0.1) is 0 Å². The van der Waals surface area contributed by atoms with Gasteiger partial charge in [-0.1, -0.05) is 60.7 Å². The molecule has 1 fully saturated rings. The Bertz CT molecular complexity index is 1950. The van der Waals surface area contributed by atoms with Gasteiger partial charge in [-0.15, -0.1) is 0 Å². The fourth-order valence-electron chi connectivity index (χ4n) is 6.10. The molecule has 0 atom stereocenters. The average Bonchev–Trinajstić information content (AvgIpc) is 3.85. The lowest BCUT2D eigenvalue weighted by Gasteiger charge is -2.17. The summed E-state index contributed by atoms with van der Waals surface area (Å²) in [7, 11) is 0. The number of fused-ring (bicyclic) bond motifs is 8. The highest BCUT2D eigenvalue weighted by atomic mass is 16.2. The van der Waals surface area contributed by atoms with Gasteiger partial charge in [0.05, 0.1) is 28.5 Å². The molecule has 0 saturated carbocycles. The Morgan fingerprint density at radius 1 is 0.595 bits per heavy atom. The molecule has 6 nitrogen and oxygen atoms in total. The SMILES string of the molecule is O=C1CCCN1c1c2nc(c(-c3ccccc3)c3ccc(cc4ccc([nH]4)c(-c4ccccc4)c4nc1C=C4)[nH]3)C=C2. The molecule has 0 unspecified atom stereocenters. The third kappa shape index (κ3) is 4.16. The van der Waals surface area contributed by atoms with Crippen LogP contribution in [0.2, 0.25) is 0 Å². The summed E-state index contributed by atoms with van der Waals surface area (Å²) in [5.41, 5.74) is 12.0. The number of carbonyl (C=O) groups excluding carboxylic acids is 1. The van der Waals surface area contributed by atoms with E-state index in [0.717, 1.165) is 79.2 Å². The molecule has 1 amide bonds. The lowest BCUT2D eigenvalue weighted by molar-refractivity contribution is -0.117. The molecule has 42 heavy (non-hydrogen) atoms. The third-order valence-electron chi connectivity index (χ3n) is 8.01. The molecule has 2 N–H and O–H groups in total. The van der Waals surface area contributed by atoms with Crippen LogP contribution in [0.25, 0.3) is 68.6 Å². The highest BCUT2D eigenvalue weighted by Crippen LogP contribution is 2.37. The first-order valence-corrected chi connectivity index (χ1v) is 14.3. The van der Waals surface area contributed by atoms with E-state index in [1.807, 2.05) is 65.6 Å². The van der Waals surface area contributed by atoms with E-state index in [9.17, 15) is 4.79 Å². The number of aromatic amines is 2. The summed E-state index contributed by atoms with van der Waals surface area (Å²) in [4.78, 5) is 32.5. The monoisotopic (exact) mass is 545 g/mol. The second kappa shape index (κ2) is 9.85. The Morgan fingerprint density at radius 3 is 1.57 bits per heavy atom. The summed E-state index contributed by atoms with van der Waals surface area (Å²) in [6, 6.07) is 31.1. The lowest BCUT2D eigenvalue weighted by atomic mass is 10.0. The minimum absolute atomic E-state index is 0.103. The van der Waals surface area contributed by atoms with Gasteiger partial charge >= 0.3 is 0 Å². The largest absolute Gasteiger partial charge is 0.355 e. The van der Waals surface area contributed by atoms with E-state index in [1.54, 1.807) is 0 Å². The summed E-state index contributed by atoms with van der Waals surface area (Å²) >= 11 is 0.